The predicted molar refractivity (Wildman–Crippen MR) is 182 cm³/mol. The number of anilines is 3. The molecule has 0 aromatic heterocycles. The van der Waals surface area contributed by atoms with E-state index in [0.29, 0.717) is 46.2 Å². The minimum Gasteiger partial charge on any atom is -0.454 e. The Kier molecular flexibility index (Phi) is 8.33. The molecule has 0 bridgehead atoms. The van der Waals surface area contributed by atoms with Gasteiger partial charge in [-0.1, -0.05) is 73.7 Å². The van der Waals surface area contributed by atoms with Gasteiger partial charge in [-0.05, 0) is 60.9 Å². The molecule has 7 rings (SSSR count). The Morgan fingerprint density at radius 2 is 1.69 bits per heavy atom. The average molecular weight is 644 g/mol. The normalized spacial score (nSPS) is 20.7. The van der Waals surface area contributed by atoms with E-state index in [1.54, 1.807) is 64.1 Å². The fourth-order valence-corrected chi connectivity index (χ4v) is 7.08. The number of nitrogens with zero attached hydrogens (tertiary/aromatic N) is 3. The molecule has 3 heterocycles. The van der Waals surface area contributed by atoms with E-state index in [4.69, 9.17) is 4.74 Å². The lowest BCUT2D eigenvalue weighted by Gasteiger charge is -2.28. The van der Waals surface area contributed by atoms with Gasteiger partial charge in [0, 0.05) is 30.1 Å². The first-order valence-electron chi connectivity index (χ1n) is 16.3. The summed E-state index contributed by atoms with van der Waals surface area (Å²) in [4.78, 5) is 45.9. The molecule has 9 heteroatoms. The number of benzene rings is 4. The van der Waals surface area contributed by atoms with Crippen LogP contribution in [0.15, 0.2) is 109 Å². The topological polar surface area (TPSA) is 111 Å². The predicted octanol–water partition coefficient (Wildman–Crippen LogP) is 6.07. The van der Waals surface area contributed by atoms with Crippen molar-refractivity contribution in [1.82, 2.24) is 4.90 Å². The highest BCUT2D eigenvalue weighted by atomic mass is 16.5. The van der Waals surface area contributed by atoms with Crippen molar-refractivity contribution in [2.75, 3.05) is 23.0 Å². The van der Waals surface area contributed by atoms with Crippen LogP contribution in [0.3, 0.4) is 0 Å². The van der Waals surface area contributed by atoms with Crippen molar-refractivity contribution in [3.63, 3.8) is 0 Å². The van der Waals surface area contributed by atoms with Crippen molar-refractivity contribution in [2.24, 2.45) is 5.92 Å². The number of hydrogen-bond donors (Lipinski definition) is 2. The number of carbonyl (C=O) groups is 3. The zero-order valence-corrected chi connectivity index (χ0v) is 26.7. The molecule has 3 amide bonds. The smallest absolute Gasteiger partial charge is 0.266 e. The molecule has 2 N–H and O–H groups in total. The van der Waals surface area contributed by atoms with Crippen LogP contribution in [0.25, 0.3) is 0 Å². The number of aliphatic hydroxyl groups is 2. The van der Waals surface area contributed by atoms with E-state index in [1.807, 2.05) is 66.7 Å². The third-order valence-electron chi connectivity index (χ3n) is 9.62. The lowest BCUT2D eigenvalue weighted by atomic mass is 9.83. The zero-order valence-electron chi connectivity index (χ0n) is 26.7. The summed E-state index contributed by atoms with van der Waals surface area (Å²) in [6.45, 7) is 2.50. The largest absolute Gasteiger partial charge is 0.454 e. The molecule has 3 aliphatic rings. The molecular formula is C39H37N3O6. The lowest BCUT2D eigenvalue weighted by Crippen LogP contribution is -2.44. The van der Waals surface area contributed by atoms with Crippen LogP contribution in [0.2, 0.25) is 0 Å². The number of fused-ring (bicyclic) bond motifs is 3. The molecule has 1 fully saturated rings. The Morgan fingerprint density at radius 3 is 2.50 bits per heavy atom. The highest BCUT2D eigenvalue weighted by Gasteiger charge is 2.52. The van der Waals surface area contributed by atoms with Gasteiger partial charge < -0.3 is 24.7 Å². The second-order valence-corrected chi connectivity index (χ2v) is 12.5. The highest BCUT2D eigenvalue weighted by Crippen LogP contribution is 2.46. The number of rotatable bonds is 8. The Labute approximate surface area is 279 Å². The molecule has 4 aromatic rings. The van der Waals surface area contributed by atoms with Crippen molar-refractivity contribution >= 4 is 34.8 Å². The van der Waals surface area contributed by atoms with Crippen LogP contribution in [0, 0.1) is 5.92 Å². The first-order valence-corrected chi connectivity index (χ1v) is 16.3. The van der Waals surface area contributed by atoms with Crippen LogP contribution >= 0.6 is 0 Å². The van der Waals surface area contributed by atoms with Crippen LogP contribution in [0.5, 0.6) is 11.5 Å². The van der Waals surface area contributed by atoms with Crippen molar-refractivity contribution in [3.05, 3.63) is 126 Å². The average Bonchev–Trinajstić information content (AvgIpc) is 3.64. The SMILES string of the molecule is C[C@H](/C=C/CC(=O)N1CCC[C@H]1CO)[C@@]1(O)C(=O)N(Cc2cccc(N3C(=O)c4ccccc4Oc4ccccc43)c2)c2ccccc21. The number of aliphatic hydroxyl groups excluding tert-OH is 1. The fourth-order valence-electron chi connectivity index (χ4n) is 7.08. The highest BCUT2D eigenvalue weighted by molar-refractivity contribution is 6.14. The molecule has 0 saturated carbocycles. The van der Waals surface area contributed by atoms with Gasteiger partial charge in [0.15, 0.2) is 11.4 Å². The molecule has 48 heavy (non-hydrogen) atoms. The van der Waals surface area contributed by atoms with Gasteiger partial charge in [-0.2, -0.15) is 0 Å². The Morgan fingerprint density at radius 1 is 0.958 bits per heavy atom. The van der Waals surface area contributed by atoms with Crippen molar-refractivity contribution in [2.45, 2.75) is 44.4 Å². The van der Waals surface area contributed by atoms with E-state index < -0.39 is 17.4 Å². The minimum atomic E-state index is -1.84. The van der Waals surface area contributed by atoms with Gasteiger partial charge in [0.05, 0.1) is 36.1 Å². The molecular weight excluding hydrogens is 606 g/mol. The Balaban J connectivity index is 1.15. The molecule has 0 radical (unpaired) electrons. The van der Waals surface area contributed by atoms with Gasteiger partial charge in [0.25, 0.3) is 11.8 Å². The first-order chi connectivity index (χ1) is 23.3. The summed E-state index contributed by atoms with van der Waals surface area (Å²) in [5.74, 6) is -0.384. The summed E-state index contributed by atoms with van der Waals surface area (Å²) in [7, 11) is 0. The standard InChI is InChI=1S/C39H37N3O6/c1-26(11-8-21-36(44)40-22-10-14-29(40)25-43)39(47)31-16-3-4-17-32(31)41(38(39)46)24-27-12-9-13-28(23-27)42-33-18-5-7-20-35(33)48-34-19-6-2-15-30(34)37(42)45/h2-9,11-13,15-20,23,26,29,43,47H,10,14,21-22,24-25H2,1H3/b11-8+/t26-,29+,39+/m1/s1. The third-order valence-corrected chi connectivity index (χ3v) is 9.62. The number of amides is 3. The summed E-state index contributed by atoms with van der Waals surface area (Å²) in [5, 5.41) is 21.7. The van der Waals surface area contributed by atoms with E-state index in [1.165, 1.54) is 0 Å². The summed E-state index contributed by atoms with van der Waals surface area (Å²) in [6, 6.07) is 29.0. The molecule has 4 aromatic carbocycles. The van der Waals surface area contributed by atoms with E-state index in [-0.39, 0.29) is 37.4 Å². The van der Waals surface area contributed by atoms with E-state index in [9.17, 15) is 24.6 Å². The maximum Gasteiger partial charge on any atom is 0.266 e. The molecule has 0 unspecified atom stereocenters. The number of likely N-dealkylation sites (tertiary alicyclic amines) is 1. The summed E-state index contributed by atoms with van der Waals surface area (Å²) in [5.41, 5.74) is 1.68. The maximum atomic E-state index is 14.2. The van der Waals surface area contributed by atoms with E-state index in [0.717, 1.165) is 18.4 Å². The van der Waals surface area contributed by atoms with Gasteiger partial charge in [-0.25, -0.2) is 0 Å². The summed E-state index contributed by atoms with van der Waals surface area (Å²) in [6.07, 6.45) is 5.21. The monoisotopic (exact) mass is 643 g/mol. The van der Waals surface area contributed by atoms with Crippen molar-refractivity contribution in [1.29, 1.82) is 0 Å². The quantitative estimate of drug-likeness (QED) is 0.226. The Hall–Kier alpha value is -5.25. The molecule has 3 atom stereocenters. The second kappa shape index (κ2) is 12.7. The van der Waals surface area contributed by atoms with Crippen LogP contribution < -0.4 is 14.5 Å². The first kappa shape index (κ1) is 31.4. The molecule has 3 aliphatic heterocycles. The summed E-state index contributed by atoms with van der Waals surface area (Å²) >= 11 is 0. The lowest BCUT2D eigenvalue weighted by molar-refractivity contribution is -0.139. The fraction of sp³-hybridized carbons (Fsp3) is 0.256. The van der Waals surface area contributed by atoms with Crippen molar-refractivity contribution in [3.8, 4) is 11.5 Å². The van der Waals surface area contributed by atoms with Gasteiger partial charge in [-0.3, -0.25) is 19.3 Å². The van der Waals surface area contributed by atoms with Gasteiger partial charge >= 0.3 is 0 Å². The molecule has 0 spiro atoms. The number of para-hydroxylation sites is 4. The third kappa shape index (κ3) is 5.35. The number of hydrogen-bond acceptors (Lipinski definition) is 6. The molecule has 244 valence electrons. The van der Waals surface area contributed by atoms with Gasteiger partial charge in [0.2, 0.25) is 5.91 Å². The van der Waals surface area contributed by atoms with Gasteiger partial charge in [0.1, 0.15) is 5.75 Å². The number of carbonyl (C=O) groups excluding carboxylic acids is 3. The minimum absolute atomic E-state index is 0.0559. The second-order valence-electron chi connectivity index (χ2n) is 12.5. The number of ether oxygens (including phenoxy) is 1. The van der Waals surface area contributed by atoms with Crippen LogP contribution in [0.4, 0.5) is 17.1 Å². The zero-order chi connectivity index (χ0) is 33.4. The molecule has 0 aliphatic carbocycles. The van der Waals surface area contributed by atoms with Gasteiger partial charge in [-0.15, -0.1) is 0 Å². The Bertz CT molecular complexity index is 1920. The summed E-state index contributed by atoms with van der Waals surface area (Å²) < 4.78 is 6.16. The molecule has 9 nitrogen and oxygen atoms in total. The van der Waals surface area contributed by atoms with Crippen LogP contribution in [0.1, 0.15) is 47.7 Å². The van der Waals surface area contributed by atoms with Crippen LogP contribution in [-0.2, 0) is 21.7 Å². The maximum absolute atomic E-state index is 14.2. The van der Waals surface area contributed by atoms with E-state index >= 15 is 0 Å². The van der Waals surface area contributed by atoms with Crippen LogP contribution in [-0.4, -0.2) is 52.0 Å². The van der Waals surface area contributed by atoms with E-state index in [2.05, 4.69) is 0 Å². The van der Waals surface area contributed by atoms with Crippen molar-refractivity contribution < 1.29 is 29.3 Å². The molecule has 1 saturated heterocycles.